The van der Waals surface area contributed by atoms with Crippen LogP contribution >= 0.6 is 0 Å². The van der Waals surface area contributed by atoms with E-state index in [1.807, 2.05) is 24.5 Å². The minimum atomic E-state index is -0.128. The third kappa shape index (κ3) is 3.42. The number of nitrogens with one attached hydrogen (secondary N) is 1. The molecular formula is C16H19N3O2. The van der Waals surface area contributed by atoms with Crippen molar-refractivity contribution in [2.24, 2.45) is 5.92 Å². The second-order valence-electron chi connectivity index (χ2n) is 5.32. The summed E-state index contributed by atoms with van der Waals surface area (Å²) >= 11 is 0. The smallest absolute Gasteiger partial charge is 0.286 e. The summed E-state index contributed by atoms with van der Waals surface area (Å²) in [6.45, 7) is 2.75. The van der Waals surface area contributed by atoms with Gasteiger partial charge in [-0.1, -0.05) is 0 Å². The molecule has 5 nitrogen and oxygen atoms in total. The number of anilines is 1. The van der Waals surface area contributed by atoms with Crippen LogP contribution in [0.2, 0.25) is 0 Å². The van der Waals surface area contributed by atoms with Crippen LogP contribution in [0.5, 0.6) is 0 Å². The minimum absolute atomic E-state index is 0.128. The molecule has 0 unspecified atom stereocenters. The molecule has 1 N–H and O–H groups in total. The Morgan fingerprint density at radius 2 is 2.05 bits per heavy atom. The molecule has 2 aromatic heterocycles. The number of pyridine rings is 1. The highest BCUT2D eigenvalue weighted by atomic mass is 16.3. The molecule has 1 amide bonds. The van der Waals surface area contributed by atoms with Crippen LogP contribution in [0.1, 0.15) is 23.4 Å². The normalized spacial score (nSPS) is 15.9. The Morgan fingerprint density at radius 3 is 2.71 bits per heavy atom. The number of hydrogen-bond acceptors (Lipinski definition) is 4. The topological polar surface area (TPSA) is 58.4 Å². The third-order valence-corrected chi connectivity index (χ3v) is 3.94. The van der Waals surface area contributed by atoms with Crippen LogP contribution in [0.3, 0.4) is 0 Å². The molecule has 1 saturated heterocycles. The number of piperidine rings is 1. The van der Waals surface area contributed by atoms with Crippen LogP contribution in [-0.2, 0) is 0 Å². The molecule has 0 spiro atoms. The van der Waals surface area contributed by atoms with Gasteiger partial charge in [0.25, 0.3) is 5.91 Å². The van der Waals surface area contributed by atoms with Crippen molar-refractivity contribution in [2.75, 3.05) is 24.5 Å². The van der Waals surface area contributed by atoms with E-state index < -0.39 is 0 Å². The quantitative estimate of drug-likeness (QED) is 0.936. The molecule has 1 aliphatic heterocycles. The van der Waals surface area contributed by atoms with E-state index >= 15 is 0 Å². The van der Waals surface area contributed by atoms with E-state index in [9.17, 15) is 4.79 Å². The molecule has 0 saturated carbocycles. The number of furan rings is 1. The summed E-state index contributed by atoms with van der Waals surface area (Å²) in [7, 11) is 0. The van der Waals surface area contributed by atoms with Gasteiger partial charge in [-0.25, -0.2) is 0 Å². The van der Waals surface area contributed by atoms with Crippen molar-refractivity contribution >= 4 is 11.6 Å². The van der Waals surface area contributed by atoms with Crippen molar-refractivity contribution in [1.29, 1.82) is 0 Å². The van der Waals surface area contributed by atoms with Crippen molar-refractivity contribution in [3.63, 3.8) is 0 Å². The predicted octanol–water partition coefficient (Wildman–Crippen LogP) is 2.32. The summed E-state index contributed by atoms with van der Waals surface area (Å²) in [6.07, 6.45) is 7.33. The van der Waals surface area contributed by atoms with Gasteiger partial charge >= 0.3 is 0 Å². The molecule has 110 valence electrons. The summed E-state index contributed by atoms with van der Waals surface area (Å²) in [5.74, 6) is 0.780. The molecule has 0 radical (unpaired) electrons. The van der Waals surface area contributed by atoms with Gasteiger partial charge in [-0.3, -0.25) is 9.78 Å². The first kappa shape index (κ1) is 13.7. The molecule has 0 aliphatic carbocycles. The minimum Gasteiger partial charge on any atom is -0.459 e. The highest BCUT2D eigenvalue weighted by molar-refractivity contribution is 5.91. The van der Waals surface area contributed by atoms with Crippen LogP contribution in [0.15, 0.2) is 47.3 Å². The number of carbonyl (C=O) groups is 1. The molecule has 3 rings (SSSR count). The second kappa shape index (κ2) is 6.43. The molecule has 3 heterocycles. The monoisotopic (exact) mass is 285 g/mol. The molecule has 0 bridgehead atoms. The summed E-state index contributed by atoms with van der Waals surface area (Å²) in [5.41, 5.74) is 1.23. The maximum Gasteiger partial charge on any atom is 0.286 e. The van der Waals surface area contributed by atoms with E-state index in [0.717, 1.165) is 25.9 Å². The zero-order valence-electron chi connectivity index (χ0n) is 11.9. The van der Waals surface area contributed by atoms with Gasteiger partial charge in [0.2, 0.25) is 0 Å². The van der Waals surface area contributed by atoms with E-state index in [1.54, 1.807) is 12.1 Å². The van der Waals surface area contributed by atoms with E-state index in [4.69, 9.17) is 4.42 Å². The number of amides is 1. The Kier molecular flexibility index (Phi) is 4.19. The van der Waals surface area contributed by atoms with E-state index in [2.05, 4.69) is 15.2 Å². The Hall–Kier alpha value is -2.30. The van der Waals surface area contributed by atoms with Crippen LogP contribution in [0.25, 0.3) is 0 Å². The fourth-order valence-electron chi connectivity index (χ4n) is 2.68. The van der Waals surface area contributed by atoms with Crippen LogP contribution in [-0.4, -0.2) is 30.5 Å². The molecule has 21 heavy (non-hydrogen) atoms. The van der Waals surface area contributed by atoms with Gasteiger partial charge in [-0.2, -0.15) is 0 Å². The van der Waals surface area contributed by atoms with Crippen molar-refractivity contribution in [1.82, 2.24) is 10.3 Å². The van der Waals surface area contributed by atoms with Crippen LogP contribution in [0.4, 0.5) is 5.69 Å². The van der Waals surface area contributed by atoms with Gasteiger partial charge in [0.05, 0.1) is 6.26 Å². The number of carbonyl (C=O) groups excluding carboxylic acids is 1. The fraction of sp³-hybridized carbons (Fsp3) is 0.375. The molecule has 2 aromatic rings. The van der Waals surface area contributed by atoms with Gasteiger partial charge in [-0.05, 0) is 43.0 Å². The van der Waals surface area contributed by atoms with Gasteiger partial charge in [0, 0.05) is 37.7 Å². The van der Waals surface area contributed by atoms with Crippen LogP contribution < -0.4 is 10.2 Å². The third-order valence-electron chi connectivity index (χ3n) is 3.94. The Bertz CT molecular complexity index is 560. The van der Waals surface area contributed by atoms with Crippen molar-refractivity contribution in [2.45, 2.75) is 12.8 Å². The summed E-state index contributed by atoms with van der Waals surface area (Å²) in [5, 5.41) is 2.95. The lowest BCUT2D eigenvalue weighted by molar-refractivity contribution is 0.0917. The molecular weight excluding hydrogens is 266 g/mol. The number of rotatable bonds is 4. The molecule has 1 aliphatic rings. The van der Waals surface area contributed by atoms with Crippen LogP contribution in [0, 0.1) is 5.92 Å². The fourth-order valence-corrected chi connectivity index (χ4v) is 2.68. The standard InChI is InChI=1S/C16H19N3O2/c20-16(15-2-1-11-21-15)18-12-13-5-9-19(10-6-13)14-3-7-17-8-4-14/h1-4,7-8,11,13H,5-6,9-10,12H2,(H,18,20). The average Bonchev–Trinajstić information content (AvgIpc) is 3.08. The van der Waals surface area contributed by atoms with Crippen molar-refractivity contribution < 1.29 is 9.21 Å². The second-order valence-corrected chi connectivity index (χ2v) is 5.32. The first-order valence-electron chi connectivity index (χ1n) is 7.29. The summed E-state index contributed by atoms with van der Waals surface area (Å²) in [6, 6.07) is 7.49. The first-order valence-corrected chi connectivity index (χ1v) is 7.29. The molecule has 0 aromatic carbocycles. The van der Waals surface area contributed by atoms with E-state index in [1.165, 1.54) is 12.0 Å². The van der Waals surface area contributed by atoms with Crippen molar-refractivity contribution in [3.8, 4) is 0 Å². The lowest BCUT2D eigenvalue weighted by atomic mass is 9.96. The Labute approximate surface area is 124 Å². The Balaban J connectivity index is 1.45. The highest BCUT2D eigenvalue weighted by Crippen LogP contribution is 2.22. The summed E-state index contributed by atoms with van der Waals surface area (Å²) < 4.78 is 5.08. The number of hydrogen-bond donors (Lipinski definition) is 1. The zero-order valence-corrected chi connectivity index (χ0v) is 11.9. The average molecular weight is 285 g/mol. The molecule has 5 heteroatoms. The van der Waals surface area contributed by atoms with Gasteiger partial charge in [0.15, 0.2) is 5.76 Å². The SMILES string of the molecule is O=C(NCC1CCN(c2ccncc2)CC1)c1ccco1. The summed E-state index contributed by atoms with van der Waals surface area (Å²) in [4.78, 5) is 18.2. The predicted molar refractivity (Wildman–Crippen MR) is 80.2 cm³/mol. The maximum absolute atomic E-state index is 11.8. The highest BCUT2D eigenvalue weighted by Gasteiger charge is 2.20. The van der Waals surface area contributed by atoms with Crippen molar-refractivity contribution in [3.05, 3.63) is 48.7 Å². The number of nitrogens with zero attached hydrogens (tertiary/aromatic N) is 2. The van der Waals surface area contributed by atoms with Gasteiger partial charge < -0.3 is 14.6 Å². The molecule has 1 fully saturated rings. The lowest BCUT2D eigenvalue weighted by Gasteiger charge is -2.33. The van der Waals surface area contributed by atoms with Gasteiger partial charge in [0.1, 0.15) is 0 Å². The van der Waals surface area contributed by atoms with E-state index in [0.29, 0.717) is 18.2 Å². The largest absolute Gasteiger partial charge is 0.459 e. The number of aromatic nitrogens is 1. The maximum atomic E-state index is 11.8. The lowest BCUT2D eigenvalue weighted by Crippen LogP contribution is -2.38. The van der Waals surface area contributed by atoms with E-state index in [-0.39, 0.29) is 5.91 Å². The molecule has 0 atom stereocenters. The zero-order chi connectivity index (χ0) is 14.5. The Morgan fingerprint density at radius 1 is 1.29 bits per heavy atom. The van der Waals surface area contributed by atoms with Gasteiger partial charge in [-0.15, -0.1) is 0 Å². The first-order chi connectivity index (χ1) is 10.3.